The van der Waals surface area contributed by atoms with E-state index in [1.807, 2.05) is 62.4 Å². The number of aryl methyl sites for hydroxylation is 2. The van der Waals surface area contributed by atoms with Gasteiger partial charge in [0.1, 0.15) is 11.8 Å². The predicted molar refractivity (Wildman–Crippen MR) is 97.1 cm³/mol. The molecule has 3 rings (SSSR count). The molecule has 0 amide bonds. The van der Waals surface area contributed by atoms with Gasteiger partial charge in [-0.25, -0.2) is 4.68 Å². The van der Waals surface area contributed by atoms with E-state index in [4.69, 9.17) is 5.26 Å². The number of aliphatic carboxylic acids is 1. The Hall–Kier alpha value is -3.65. The van der Waals surface area contributed by atoms with Crippen LogP contribution in [-0.2, 0) is 4.79 Å². The highest BCUT2D eigenvalue weighted by Gasteiger charge is 2.14. The fourth-order valence-electron chi connectivity index (χ4n) is 2.79. The van der Waals surface area contributed by atoms with Gasteiger partial charge in [-0.2, -0.15) is 10.4 Å². The van der Waals surface area contributed by atoms with Crippen molar-refractivity contribution in [3.8, 4) is 23.0 Å². The SMILES string of the molecule is Cc1ccc(-c2nn(-c3ccccc3)cc2/C=C(\C#N)C(=O)[O-])c(C)c1. The molecular weight excluding hydrogens is 326 g/mol. The summed E-state index contributed by atoms with van der Waals surface area (Å²) in [5.41, 5.74) is 4.58. The summed E-state index contributed by atoms with van der Waals surface area (Å²) in [4.78, 5) is 11.1. The van der Waals surface area contributed by atoms with Gasteiger partial charge in [0.2, 0.25) is 0 Å². The first-order valence-corrected chi connectivity index (χ1v) is 8.05. The zero-order chi connectivity index (χ0) is 18.7. The fraction of sp³-hybridized carbons (Fsp3) is 0.0952. The largest absolute Gasteiger partial charge is 0.544 e. The Kier molecular flexibility index (Phi) is 4.68. The average Bonchev–Trinajstić information content (AvgIpc) is 3.04. The van der Waals surface area contributed by atoms with Gasteiger partial charge >= 0.3 is 0 Å². The number of carbonyl (C=O) groups excluding carboxylic acids is 1. The van der Waals surface area contributed by atoms with Crippen LogP contribution in [0.5, 0.6) is 0 Å². The normalized spacial score (nSPS) is 11.2. The molecule has 1 aromatic heterocycles. The molecule has 128 valence electrons. The van der Waals surface area contributed by atoms with Crippen molar-refractivity contribution in [2.45, 2.75) is 13.8 Å². The van der Waals surface area contributed by atoms with Crippen LogP contribution in [0.2, 0.25) is 0 Å². The van der Waals surface area contributed by atoms with E-state index in [2.05, 4.69) is 5.10 Å². The lowest BCUT2D eigenvalue weighted by atomic mass is 10.00. The molecule has 0 bridgehead atoms. The summed E-state index contributed by atoms with van der Waals surface area (Å²) < 4.78 is 1.67. The van der Waals surface area contributed by atoms with E-state index in [0.717, 1.165) is 22.4 Å². The van der Waals surface area contributed by atoms with Crippen molar-refractivity contribution in [1.82, 2.24) is 9.78 Å². The summed E-state index contributed by atoms with van der Waals surface area (Å²) in [7, 11) is 0. The van der Waals surface area contributed by atoms with Gasteiger partial charge in [-0.05, 0) is 37.6 Å². The Morgan fingerprint density at radius 3 is 2.54 bits per heavy atom. The van der Waals surface area contributed by atoms with Gasteiger partial charge in [-0.1, -0.05) is 42.0 Å². The van der Waals surface area contributed by atoms with Crippen molar-refractivity contribution in [3.63, 3.8) is 0 Å². The van der Waals surface area contributed by atoms with Crippen LogP contribution >= 0.6 is 0 Å². The van der Waals surface area contributed by atoms with Gasteiger partial charge in [-0.15, -0.1) is 0 Å². The van der Waals surface area contributed by atoms with Crippen molar-refractivity contribution in [2.24, 2.45) is 0 Å². The molecular formula is C21H16N3O2-. The molecule has 0 aliphatic heterocycles. The molecule has 0 saturated carbocycles. The van der Waals surface area contributed by atoms with Gasteiger partial charge in [0.25, 0.3) is 0 Å². The van der Waals surface area contributed by atoms with Crippen LogP contribution in [0.15, 0.2) is 60.3 Å². The maximum atomic E-state index is 11.1. The van der Waals surface area contributed by atoms with Crippen molar-refractivity contribution in [1.29, 1.82) is 5.26 Å². The van der Waals surface area contributed by atoms with Crippen LogP contribution < -0.4 is 5.11 Å². The van der Waals surface area contributed by atoms with Crippen LogP contribution in [-0.4, -0.2) is 15.7 Å². The van der Waals surface area contributed by atoms with Crippen molar-refractivity contribution in [2.75, 3.05) is 0 Å². The van der Waals surface area contributed by atoms with E-state index in [0.29, 0.717) is 11.3 Å². The molecule has 26 heavy (non-hydrogen) atoms. The van der Waals surface area contributed by atoms with E-state index < -0.39 is 11.5 Å². The van der Waals surface area contributed by atoms with Crippen LogP contribution in [0.3, 0.4) is 0 Å². The third kappa shape index (κ3) is 3.40. The molecule has 0 radical (unpaired) electrons. The van der Waals surface area contributed by atoms with E-state index >= 15 is 0 Å². The molecule has 1 heterocycles. The first kappa shape index (κ1) is 17.2. The summed E-state index contributed by atoms with van der Waals surface area (Å²) in [5.74, 6) is -1.51. The zero-order valence-electron chi connectivity index (χ0n) is 14.4. The van der Waals surface area contributed by atoms with Crippen LogP contribution in [0.25, 0.3) is 23.0 Å². The number of rotatable bonds is 4. The zero-order valence-corrected chi connectivity index (χ0v) is 14.4. The highest BCUT2D eigenvalue weighted by Crippen LogP contribution is 2.29. The van der Waals surface area contributed by atoms with E-state index in [9.17, 15) is 9.90 Å². The summed E-state index contributed by atoms with van der Waals surface area (Å²) in [6.07, 6.45) is 3.01. The number of carboxylic acid groups (broad SMARTS) is 1. The Labute approximate surface area is 151 Å². The molecule has 0 aliphatic carbocycles. The molecule has 0 saturated heterocycles. The molecule has 5 nitrogen and oxygen atoms in total. The predicted octanol–water partition coefficient (Wildman–Crippen LogP) is 2.81. The maximum Gasteiger partial charge on any atom is 0.101 e. The molecule has 0 aliphatic rings. The Morgan fingerprint density at radius 1 is 1.19 bits per heavy atom. The highest BCUT2D eigenvalue weighted by molar-refractivity contribution is 5.96. The minimum atomic E-state index is -1.51. The summed E-state index contributed by atoms with van der Waals surface area (Å²) in [6, 6.07) is 17.1. The number of carbonyl (C=O) groups is 1. The van der Waals surface area contributed by atoms with Crippen molar-refractivity contribution in [3.05, 3.63) is 77.0 Å². The second-order valence-corrected chi connectivity index (χ2v) is 5.99. The Morgan fingerprint density at radius 2 is 1.92 bits per heavy atom. The number of para-hydroxylation sites is 1. The maximum absolute atomic E-state index is 11.1. The molecule has 5 heteroatoms. The van der Waals surface area contributed by atoms with Gasteiger partial charge in [0.15, 0.2) is 0 Å². The molecule has 0 N–H and O–H groups in total. The lowest BCUT2D eigenvalue weighted by Crippen LogP contribution is -2.23. The van der Waals surface area contributed by atoms with Gasteiger partial charge < -0.3 is 9.90 Å². The second kappa shape index (κ2) is 7.08. The van der Waals surface area contributed by atoms with Gasteiger partial charge in [0.05, 0.1) is 17.2 Å². The minimum absolute atomic E-state index is 0.441. The molecule has 0 spiro atoms. The van der Waals surface area contributed by atoms with E-state index in [1.165, 1.54) is 6.08 Å². The minimum Gasteiger partial charge on any atom is -0.544 e. The van der Waals surface area contributed by atoms with Crippen LogP contribution in [0, 0.1) is 25.2 Å². The number of hydrogen-bond donors (Lipinski definition) is 0. The standard InChI is InChI=1S/C21H17N3O2/c1-14-8-9-19(15(2)10-14)20-17(11-16(12-22)21(25)26)13-24(23-20)18-6-4-3-5-7-18/h3-11,13H,1-2H3,(H,25,26)/p-1/b16-11+. The van der Waals surface area contributed by atoms with Crippen LogP contribution in [0.1, 0.15) is 16.7 Å². The van der Waals surface area contributed by atoms with Gasteiger partial charge in [0, 0.05) is 17.3 Å². The lowest BCUT2D eigenvalue weighted by Gasteiger charge is -2.06. The van der Waals surface area contributed by atoms with Crippen molar-refractivity contribution >= 4 is 12.0 Å². The number of aromatic nitrogens is 2. The average molecular weight is 342 g/mol. The molecule has 3 aromatic rings. The summed E-state index contributed by atoms with van der Waals surface area (Å²) >= 11 is 0. The topological polar surface area (TPSA) is 81.7 Å². The third-order valence-electron chi connectivity index (χ3n) is 4.04. The Bertz CT molecular complexity index is 1040. The van der Waals surface area contributed by atoms with E-state index in [-0.39, 0.29) is 0 Å². The number of benzene rings is 2. The quantitative estimate of drug-likeness (QED) is 0.539. The third-order valence-corrected chi connectivity index (χ3v) is 4.04. The molecule has 0 unspecified atom stereocenters. The summed E-state index contributed by atoms with van der Waals surface area (Å²) in [5, 5.41) is 24.8. The first-order valence-electron chi connectivity index (χ1n) is 8.05. The second-order valence-electron chi connectivity index (χ2n) is 5.99. The number of carboxylic acids is 1. The highest BCUT2D eigenvalue weighted by atomic mass is 16.4. The molecule has 0 atom stereocenters. The van der Waals surface area contributed by atoms with Crippen LogP contribution in [0.4, 0.5) is 0 Å². The first-order chi connectivity index (χ1) is 12.5. The van der Waals surface area contributed by atoms with E-state index in [1.54, 1.807) is 16.9 Å². The lowest BCUT2D eigenvalue weighted by molar-refractivity contribution is -0.298. The monoisotopic (exact) mass is 342 g/mol. The Balaban J connectivity index is 2.23. The summed E-state index contributed by atoms with van der Waals surface area (Å²) in [6.45, 7) is 3.98. The molecule has 0 fully saturated rings. The molecule has 2 aromatic carbocycles. The number of hydrogen-bond acceptors (Lipinski definition) is 4. The smallest absolute Gasteiger partial charge is 0.101 e. The number of nitriles is 1. The number of nitrogens with zero attached hydrogens (tertiary/aromatic N) is 3. The van der Waals surface area contributed by atoms with Gasteiger partial charge in [-0.3, -0.25) is 0 Å². The fourth-order valence-corrected chi connectivity index (χ4v) is 2.79. The van der Waals surface area contributed by atoms with Crippen molar-refractivity contribution < 1.29 is 9.90 Å².